The minimum Gasteiger partial charge on any atom is -0.495 e. The van der Waals surface area contributed by atoms with Crippen molar-refractivity contribution in [2.45, 2.75) is 0 Å². The summed E-state index contributed by atoms with van der Waals surface area (Å²) in [6, 6.07) is 5.09. The van der Waals surface area contributed by atoms with E-state index in [4.69, 9.17) is 16.3 Å². The fourth-order valence-corrected chi connectivity index (χ4v) is 3.33. The van der Waals surface area contributed by atoms with Crippen LogP contribution in [0, 0.1) is 0 Å². The smallest absolute Gasteiger partial charge is 0.258 e. The number of benzene rings is 1. The van der Waals surface area contributed by atoms with Crippen molar-refractivity contribution >= 4 is 71.0 Å². The lowest BCUT2D eigenvalue weighted by Crippen LogP contribution is -2.13. The second kappa shape index (κ2) is 7.09. The molecule has 0 unspecified atom stereocenters. The van der Waals surface area contributed by atoms with E-state index < -0.39 is 0 Å². The Labute approximate surface area is 151 Å². The number of nitrogens with one attached hydrogen (secondary N) is 1. The van der Waals surface area contributed by atoms with E-state index in [-0.39, 0.29) is 16.6 Å². The van der Waals surface area contributed by atoms with Crippen LogP contribution in [0.25, 0.3) is 0 Å². The largest absolute Gasteiger partial charge is 0.495 e. The van der Waals surface area contributed by atoms with Gasteiger partial charge in [0.1, 0.15) is 10.9 Å². The van der Waals surface area contributed by atoms with E-state index in [1.54, 1.807) is 25.3 Å². The fraction of sp³-hybridized carbons (Fsp3) is 0.0769. The minimum atomic E-state index is -0.362. The van der Waals surface area contributed by atoms with Crippen LogP contribution in [0.1, 0.15) is 10.4 Å². The zero-order valence-electron chi connectivity index (χ0n) is 10.6. The van der Waals surface area contributed by atoms with Crippen LogP contribution in [0.5, 0.6) is 5.75 Å². The standard InChI is InChI=1S/C13H8Br3ClN2O2/c1-21-11-4-10(8(15)3-9(11)16)19-13(20)7-2-6(14)5-18-12(7)17/h2-5H,1H3,(H,19,20). The van der Waals surface area contributed by atoms with Crippen LogP contribution in [0.4, 0.5) is 5.69 Å². The number of hydrogen-bond acceptors (Lipinski definition) is 3. The quantitative estimate of drug-likeness (QED) is 0.585. The summed E-state index contributed by atoms with van der Waals surface area (Å²) in [6.07, 6.45) is 1.53. The van der Waals surface area contributed by atoms with Crippen molar-refractivity contribution in [1.82, 2.24) is 4.98 Å². The van der Waals surface area contributed by atoms with Crippen LogP contribution >= 0.6 is 59.4 Å². The highest BCUT2D eigenvalue weighted by Crippen LogP contribution is 2.35. The Morgan fingerprint density at radius 3 is 2.62 bits per heavy atom. The third-order valence-corrected chi connectivity index (χ3v) is 4.55. The van der Waals surface area contributed by atoms with Gasteiger partial charge in [0, 0.05) is 21.2 Å². The van der Waals surface area contributed by atoms with E-state index >= 15 is 0 Å². The molecule has 21 heavy (non-hydrogen) atoms. The number of carbonyl (C=O) groups excluding carboxylic acids is 1. The summed E-state index contributed by atoms with van der Waals surface area (Å²) >= 11 is 16.0. The predicted octanol–water partition coefficient (Wildman–Crippen LogP) is 5.28. The first-order valence-corrected chi connectivity index (χ1v) is 8.33. The van der Waals surface area contributed by atoms with E-state index in [0.29, 0.717) is 20.4 Å². The van der Waals surface area contributed by atoms with Crippen LogP contribution in [-0.2, 0) is 0 Å². The van der Waals surface area contributed by atoms with Crippen molar-refractivity contribution in [3.8, 4) is 5.75 Å². The first kappa shape index (κ1) is 16.7. The zero-order valence-corrected chi connectivity index (χ0v) is 16.1. The zero-order chi connectivity index (χ0) is 15.6. The van der Waals surface area contributed by atoms with E-state index in [0.717, 1.165) is 4.47 Å². The number of rotatable bonds is 3. The van der Waals surface area contributed by atoms with Crippen molar-refractivity contribution in [3.63, 3.8) is 0 Å². The third kappa shape index (κ3) is 3.97. The number of hydrogen-bond donors (Lipinski definition) is 1. The van der Waals surface area contributed by atoms with Gasteiger partial charge in [-0.2, -0.15) is 0 Å². The number of methoxy groups -OCH3 is 1. The molecule has 0 spiro atoms. The molecule has 0 saturated heterocycles. The molecule has 1 aromatic heterocycles. The highest BCUT2D eigenvalue weighted by Gasteiger charge is 2.15. The molecule has 0 fully saturated rings. The molecule has 0 aliphatic rings. The summed E-state index contributed by atoms with van der Waals surface area (Å²) in [5, 5.41) is 2.90. The molecular formula is C13H8Br3ClN2O2. The van der Waals surface area contributed by atoms with Gasteiger partial charge in [-0.3, -0.25) is 4.79 Å². The highest BCUT2D eigenvalue weighted by molar-refractivity contribution is 9.11. The van der Waals surface area contributed by atoms with Gasteiger partial charge in [-0.15, -0.1) is 0 Å². The summed E-state index contributed by atoms with van der Waals surface area (Å²) in [7, 11) is 1.55. The molecule has 0 aliphatic heterocycles. The average molecular weight is 499 g/mol. The van der Waals surface area contributed by atoms with Gasteiger partial charge in [-0.25, -0.2) is 4.98 Å². The number of carbonyl (C=O) groups is 1. The molecule has 1 amide bonds. The molecule has 1 heterocycles. The number of aromatic nitrogens is 1. The number of anilines is 1. The van der Waals surface area contributed by atoms with Crippen molar-refractivity contribution in [2.24, 2.45) is 0 Å². The van der Waals surface area contributed by atoms with Gasteiger partial charge in [0.15, 0.2) is 0 Å². The van der Waals surface area contributed by atoms with Crippen molar-refractivity contribution < 1.29 is 9.53 Å². The number of ether oxygens (including phenoxy) is 1. The summed E-state index contributed by atoms with van der Waals surface area (Å²) in [5.41, 5.74) is 0.843. The molecule has 1 N–H and O–H groups in total. The number of nitrogens with zero attached hydrogens (tertiary/aromatic N) is 1. The van der Waals surface area contributed by atoms with Gasteiger partial charge in [0.25, 0.3) is 5.91 Å². The van der Waals surface area contributed by atoms with Gasteiger partial charge in [0.05, 0.1) is 22.8 Å². The van der Waals surface area contributed by atoms with E-state index in [2.05, 4.69) is 58.1 Å². The molecule has 110 valence electrons. The lowest BCUT2D eigenvalue weighted by molar-refractivity contribution is 0.102. The predicted molar refractivity (Wildman–Crippen MR) is 93.3 cm³/mol. The van der Waals surface area contributed by atoms with Crippen LogP contribution in [0.3, 0.4) is 0 Å². The lowest BCUT2D eigenvalue weighted by atomic mass is 10.2. The Bertz CT molecular complexity index is 710. The maximum Gasteiger partial charge on any atom is 0.258 e. The normalized spacial score (nSPS) is 10.3. The van der Waals surface area contributed by atoms with Gasteiger partial charge >= 0.3 is 0 Å². The summed E-state index contributed by atoms with van der Waals surface area (Å²) < 4.78 is 7.36. The maximum atomic E-state index is 12.3. The molecule has 4 nitrogen and oxygen atoms in total. The first-order chi connectivity index (χ1) is 9.92. The molecule has 2 rings (SSSR count). The van der Waals surface area contributed by atoms with Crippen LogP contribution in [-0.4, -0.2) is 18.0 Å². The van der Waals surface area contributed by atoms with Crippen molar-refractivity contribution in [2.75, 3.05) is 12.4 Å². The molecule has 8 heteroatoms. The van der Waals surface area contributed by atoms with Gasteiger partial charge in [-0.05, 0) is 59.9 Å². The molecule has 0 saturated carbocycles. The second-order valence-corrected chi connectivity index (χ2v) is 6.89. The Kier molecular flexibility index (Phi) is 5.65. The van der Waals surface area contributed by atoms with E-state index in [9.17, 15) is 4.79 Å². The number of amides is 1. The van der Waals surface area contributed by atoms with E-state index in [1.807, 2.05) is 0 Å². The second-order valence-electron chi connectivity index (χ2n) is 3.91. The average Bonchev–Trinajstić information content (AvgIpc) is 2.44. The fourth-order valence-electron chi connectivity index (χ4n) is 1.55. The summed E-state index contributed by atoms with van der Waals surface area (Å²) in [6.45, 7) is 0. The SMILES string of the molecule is COc1cc(NC(=O)c2cc(Br)cnc2Cl)c(Br)cc1Br. The van der Waals surface area contributed by atoms with Gasteiger partial charge < -0.3 is 10.1 Å². The van der Waals surface area contributed by atoms with Crippen molar-refractivity contribution in [3.05, 3.63) is 48.5 Å². The summed E-state index contributed by atoms with van der Waals surface area (Å²) in [4.78, 5) is 16.2. The summed E-state index contributed by atoms with van der Waals surface area (Å²) in [5.74, 6) is 0.242. The monoisotopic (exact) mass is 496 g/mol. The Balaban J connectivity index is 2.33. The maximum absolute atomic E-state index is 12.3. The van der Waals surface area contributed by atoms with Crippen LogP contribution in [0.15, 0.2) is 37.8 Å². The Morgan fingerprint density at radius 1 is 1.24 bits per heavy atom. The molecule has 0 aliphatic carbocycles. The Hall–Kier alpha value is -0.630. The minimum absolute atomic E-state index is 0.135. The third-order valence-electron chi connectivity index (χ3n) is 2.54. The van der Waals surface area contributed by atoms with Crippen molar-refractivity contribution in [1.29, 1.82) is 0 Å². The molecule has 1 aromatic carbocycles. The topological polar surface area (TPSA) is 51.2 Å². The van der Waals surface area contributed by atoms with Gasteiger partial charge in [-0.1, -0.05) is 11.6 Å². The number of halogens is 4. The molecular weight excluding hydrogens is 491 g/mol. The first-order valence-electron chi connectivity index (χ1n) is 5.57. The molecule has 2 aromatic rings. The molecule has 0 atom stereocenters. The van der Waals surface area contributed by atoms with Crippen LogP contribution in [0.2, 0.25) is 5.15 Å². The Morgan fingerprint density at radius 2 is 1.95 bits per heavy atom. The van der Waals surface area contributed by atoms with Gasteiger partial charge in [0.2, 0.25) is 0 Å². The highest BCUT2D eigenvalue weighted by atomic mass is 79.9. The van der Waals surface area contributed by atoms with E-state index in [1.165, 1.54) is 6.20 Å². The van der Waals surface area contributed by atoms with Crippen LogP contribution < -0.4 is 10.1 Å². The number of pyridine rings is 1. The molecule has 0 radical (unpaired) electrons. The molecule has 0 bridgehead atoms. The lowest BCUT2D eigenvalue weighted by Gasteiger charge is -2.11.